The van der Waals surface area contributed by atoms with E-state index in [0.717, 1.165) is 5.56 Å². The van der Waals surface area contributed by atoms with Gasteiger partial charge in [0, 0.05) is 25.5 Å². The molecule has 0 bridgehead atoms. The molecule has 0 atom stereocenters. The Morgan fingerprint density at radius 3 is 2.70 bits per heavy atom. The maximum Gasteiger partial charge on any atom is 0.306 e. The molecule has 0 aliphatic heterocycles. The highest BCUT2D eigenvalue weighted by Gasteiger charge is 2.10. The van der Waals surface area contributed by atoms with Crippen LogP contribution in [0.4, 0.5) is 11.9 Å². The van der Waals surface area contributed by atoms with Gasteiger partial charge in [-0.2, -0.15) is 15.0 Å². The van der Waals surface area contributed by atoms with E-state index < -0.39 is 0 Å². The molecule has 0 aliphatic rings. The fourth-order valence-corrected chi connectivity index (χ4v) is 2.07. The molecule has 122 valence electrons. The Morgan fingerprint density at radius 2 is 2.00 bits per heavy atom. The summed E-state index contributed by atoms with van der Waals surface area (Å²) in [4.78, 5) is 25.6. The van der Waals surface area contributed by atoms with E-state index in [1.165, 1.54) is 0 Å². The smallest absolute Gasteiger partial charge is 0.306 e. The third-order valence-electron chi connectivity index (χ3n) is 3.01. The molecular formula is C15H18ClN5O2. The van der Waals surface area contributed by atoms with Crippen molar-refractivity contribution in [1.29, 1.82) is 0 Å². The fourth-order valence-electron chi connectivity index (χ4n) is 1.84. The molecule has 1 aromatic heterocycles. The number of aromatic nitrogens is 3. The number of aryl methyl sites for hydroxylation is 1. The van der Waals surface area contributed by atoms with Crippen LogP contribution in [0.25, 0.3) is 0 Å². The van der Waals surface area contributed by atoms with E-state index in [4.69, 9.17) is 22.1 Å². The molecule has 0 amide bonds. The Bertz CT molecular complexity index is 693. The maximum atomic E-state index is 11.8. The van der Waals surface area contributed by atoms with Crippen LogP contribution in [-0.4, -0.2) is 35.0 Å². The van der Waals surface area contributed by atoms with E-state index in [2.05, 4.69) is 15.0 Å². The zero-order valence-corrected chi connectivity index (χ0v) is 13.7. The van der Waals surface area contributed by atoms with Crippen molar-refractivity contribution in [3.05, 3.63) is 40.7 Å². The maximum absolute atomic E-state index is 11.8. The van der Waals surface area contributed by atoms with Crippen LogP contribution in [0.15, 0.2) is 24.3 Å². The van der Waals surface area contributed by atoms with Crippen LogP contribution in [0, 0.1) is 0 Å². The third-order valence-corrected chi connectivity index (χ3v) is 3.37. The van der Waals surface area contributed by atoms with Crippen LogP contribution >= 0.6 is 11.6 Å². The number of nitrogens with two attached hydrogens (primary N) is 1. The molecule has 0 spiro atoms. The van der Waals surface area contributed by atoms with Gasteiger partial charge in [0.1, 0.15) is 0 Å². The lowest BCUT2D eigenvalue weighted by molar-refractivity contribution is -0.145. The highest BCUT2D eigenvalue weighted by Crippen LogP contribution is 2.16. The molecule has 1 heterocycles. The van der Waals surface area contributed by atoms with Gasteiger partial charge in [-0.1, -0.05) is 29.8 Å². The first kappa shape index (κ1) is 17.0. The van der Waals surface area contributed by atoms with Gasteiger partial charge >= 0.3 is 5.97 Å². The Labute approximate surface area is 139 Å². The summed E-state index contributed by atoms with van der Waals surface area (Å²) in [6.45, 7) is -0.0467. The summed E-state index contributed by atoms with van der Waals surface area (Å²) in [6.07, 6.45) is 0.742. The number of anilines is 2. The Balaban J connectivity index is 1.88. The summed E-state index contributed by atoms with van der Waals surface area (Å²) < 4.78 is 5.17. The van der Waals surface area contributed by atoms with Crippen molar-refractivity contribution >= 4 is 29.5 Å². The predicted molar refractivity (Wildman–Crippen MR) is 88.1 cm³/mol. The van der Waals surface area contributed by atoms with Crippen molar-refractivity contribution in [1.82, 2.24) is 15.0 Å². The van der Waals surface area contributed by atoms with E-state index in [9.17, 15) is 4.79 Å². The van der Waals surface area contributed by atoms with Crippen LogP contribution < -0.4 is 10.6 Å². The second-order valence-corrected chi connectivity index (χ2v) is 5.46. The summed E-state index contributed by atoms with van der Waals surface area (Å²) in [6, 6.07) is 7.39. The number of hydrogen-bond acceptors (Lipinski definition) is 7. The molecular weight excluding hydrogens is 318 g/mol. The van der Waals surface area contributed by atoms with Gasteiger partial charge in [0.05, 0.1) is 0 Å². The molecule has 23 heavy (non-hydrogen) atoms. The lowest BCUT2D eigenvalue weighted by Gasteiger charge is -2.11. The number of hydrogen-bond donors (Lipinski definition) is 1. The van der Waals surface area contributed by atoms with Crippen LogP contribution in [-0.2, 0) is 22.6 Å². The van der Waals surface area contributed by atoms with Gasteiger partial charge in [0.2, 0.25) is 11.9 Å². The first-order valence-electron chi connectivity index (χ1n) is 7.02. The van der Waals surface area contributed by atoms with Gasteiger partial charge < -0.3 is 15.4 Å². The average molecular weight is 336 g/mol. The van der Waals surface area contributed by atoms with Gasteiger partial charge in [-0.15, -0.1) is 0 Å². The van der Waals surface area contributed by atoms with E-state index in [-0.39, 0.29) is 24.9 Å². The van der Waals surface area contributed by atoms with Gasteiger partial charge in [-0.25, -0.2) is 0 Å². The molecule has 2 aromatic rings. The number of rotatable bonds is 6. The minimum absolute atomic E-state index is 0.0467. The van der Waals surface area contributed by atoms with E-state index in [0.29, 0.717) is 23.2 Å². The molecule has 0 aliphatic carbocycles. The quantitative estimate of drug-likeness (QED) is 0.805. The molecule has 0 saturated heterocycles. The minimum atomic E-state index is -0.352. The van der Waals surface area contributed by atoms with Crippen LogP contribution in [0.5, 0.6) is 0 Å². The Hall–Kier alpha value is -2.41. The number of nitrogen functional groups attached to an aromatic ring is 1. The normalized spacial score (nSPS) is 10.4. The van der Waals surface area contributed by atoms with Gasteiger partial charge in [-0.3, -0.25) is 4.79 Å². The summed E-state index contributed by atoms with van der Waals surface area (Å²) in [7, 11) is 3.57. The lowest BCUT2D eigenvalue weighted by Crippen LogP contribution is -2.17. The minimum Gasteiger partial charge on any atom is -0.457 e. The Morgan fingerprint density at radius 1 is 1.26 bits per heavy atom. The number of carbonyl (C=O) groups is 1. The highest BCUT2D eigenvalue weighted by molar-refractivity contribution is 6.31. The van der Waals surface area contributed by atoms with Crippen molar-refractivity contribution in [3.8, 4) is 0 Å². The summed E-state index contributed by atoms with van der Waals surface area (Å²) in [5, 5.41) is 0.640. The molecule has 7 nitrogen and oxygen atoms in total. The number of halogens is 1. The molecule has 0 fully saturated rings. The fraction of sp³-hybridized carbons (Fsp3) is 0.333. The first-order valence-corrected chi connectivity index (χ1v) is 7.40. The van der Waals surface area contributed by atoms with Crippen molar-refractivity contribution in [2.45, 2.75) is 19.4 Å². The molecule has 1 aromatic carbocycles. The number of benzene rings is 1. The standard InChI is InChI=1S/C15H18ClN5O2/c1-21(2)15-19-12(18-14(17)20-15)9-23-13(22)8-7-10-5-3-4-6-11(10)16/h3-6H,7-9H2,1-2H3,(H2,17,18,19,20). The Kier molecular flexibility index (Phi) is 5.70. The number of esters is 1. The summed E-state index contributed by atoms with van der Waals surface area (Å²) in [5.41, 5.74) is 6.52. The SMILES string of the molecule is CN(C)c1nc(N)nc(COC(=O)CCc2ccccc2Cl)n1. The molecule has 0 saturated carbocycles. The summed E-state index contributed by atoms with van der Waals surface area (Å²) >= 11 is 6.05. The molecule has 0 unspecified atom stereocenters. The molecule has 2 N–H and O–H groups in total. The van der Waals surface area contributed by atoms with Crippen molar-refractivity contribution in [2.24, 2.45) is 0 Å². The van der Waals surface area contributed by atoms with Crippen LogP contribution in [0.2, 0.25) is 5.02 Å². The zero-order valence-electron chi connectivity index (χ0n) is 13.0. The second-order valence-electron chi connectivity index (χ2n) is 5.06. The number of ether oxygens (including phenoxy) is 1. The van der Waals surface area contributed by atoms with E-state index in [1.54, 1.807) is 25.1 Å². The van der Waals surface area contributed by atoms with Gasteiger partial charge in [-0.05, 0) is 18.1 Å². The predicted octanol–water partition coefficient (Wildman–Crippen LogP) is 1.85. The van der Waals surface area contributed by atoms with Crippen LogP contribution in [0.3, 0.4) is 0 Å². The first-order chi connectivity index (χ1) is 11.0. The van der Waals surface area contributed by atoms with Crippen molar-refractivity contribution in [2.75, 3.05) is 24.7 Å². The summed E-state index contributed by atoms with van der Waals surface area (Å²) in [5.74, 6) is 0.466. The third kappa shape index (κ3) is 5.07. The average Bonchev–Trinajstić information content (AvgIpc) is 2.51. The molecule has 2 rings (SSSR count). The lowest BCUT2D eigenvalue weighted by atomic mass is 10.1. The number of nitrogens with zero attached hydrogens (tertiary/aromatic N) is 4. The van der Waals surface area contributed by atoms with Gasteiger partial charge in [0.25, 0.3) is 0 Å². The monoisotopic (exact) mass is 335 g/mol. The highest BCUT2D eigenvalue weighted by atomic mass is 35.5. The van der Waals surface area contributed by atoms with Crippen LogP contribution in [0.1, 0.15) is 17.8 Å². The second kappa shape index (κ2) is 7.73. The zero-order chi connectivity index (χ0) is 16.8. The van der Waals surface area contributed by atoms with E-state index in [1.807, 2.05) is 18.2 Å². The molecule has 0 radical (unpaired) electrons. The van der Waals surface area contributed by atoms with Crippen molar-refractivity contribution in [3.63, 3.8) is 0 Å². The topological polar surface area (TPSA) is 94.2 Å². The molecule has 8 heteroatoms. The van der Waals surface area contributed by atoms with Gasteiger partial charge in [0.15, 0.2) is 12.4 Å². The van der Waals surface area contributed by atoms with E-state index >= 15 is 0 Å². The largest absolute Gasteiger partial charge is 0.457 e. The number of carbonyl (C=O) groups excluding carboxylic acids is 1. The van der Waals surface area contributed by atoms with Crippen molar-refractivity contribution < 1.29 is 9.53 Å².